The first-order chi connectivity index (χ1) is 10.9. The third-order valence-corrected chi connectivity index (χ3v) is 3.60. The Balaban J connectivity index is 2.52. The van der Waals surface area contributed by atoms with Crippen molar-refractivity contribution in [2.45, 2.75) is 51.7 Å². The molecule has 0 spiro atoms. The maximum atomic E-state index is 12.0. The van der Waals surface area contributed by atoms with Crippen molar-refractivity contribution in [2.24, 2.45) is 5.92 Å². The van der Waals surface area contributed by atoms with Gasteiger partial charge >= 0.3 is 5.97 Å². The summed E-state index contributed by atoms with van der Waals surface area (Å²) in [7, 11) is 1.29. The van der Waals surface area contributed by atoms with Gasteiger partial charge in [-0.05, 0) is 37.2 Å². The van der Waals surface area contributed by atoms with Gasteiger partial charge in [-0.15, -0.1) is 0 Å². The Morgan fingerprint density at radius 2 is 1.87 bits per heavy atom. The highest BCUT2D eigenvalue weighted by Crippen LogP contribution is 2.09. The van der Waals surface area contributed by atoms with E-state index in [0.717, 1.165) is 12.8 Å². The fourth-order valence-electron chi connectivity index (χ4n) is 2.37. The van der Waals surface area contributed by atoms with Crippen LogP contribution in [0.25, 0.3) is 0 Å². The minimum Gasteiger partial charge on any atom is -0.467 e. The summed E-state index contributed by atoms with van der Waals surface area (Å²) in [5.41, 5.74) is 1.18. The number of benzene rings is 1. The van der Waals surface area contributed by atoms with Crippen molar-refractivity contribution >= 4 is 11.9 Å². The second-order valence-corrected chi connectivity index (χ2v) is 6.11. The fourth-order valence-corrected chi connectivity index (χ4v) is 2.37. The SMILES string of the molecule is COC(=O)[C@@H](CCCc1ccccc1)NC(=O)[C@H](O)CC(C)C. The van der Waals surface area contributed by atoms with Gasteiger partial charge in [-0.1, -0.05) is 44.2 Å². The first kappa shape index (κ1) is 19.2. The van der Waals surface area contributed by atoms with Gasteiger partial charge in [0.15, 0.2) is 0 Å². The van der Waals surface area contributed by atoms with E-state index in [9.17, 15) is 14.7 Å². The summed E-state index contributed by atoms with van der Waals surface area (Å²) in [5, 5.41) is 12.4. The van der Waals surface area contributed by atoms with Gasteiger partial charge in [0.25, 0.3) is 0 Å². The molecule has 1 rings (SSSR count). The smallest absolute Gasteiger partial charge is 0.328 e. The number of aliphatic hydroxyl groups is 1. The molecule has 23 heavy (non-hydrogen) atoms. The molecule has 0 radical (unpaired) electrons. The highest BCUT2D eigenvalue weighted by Gasteiger charge is 2.25. The van der Waals surface area contributed by atoms with Crippen molar-refractivity contribution in [3.8, 4) is 0 Å². The number of carbonyl (C=O) groups is 2. The maximum absolute atomic E-state index is 12.0. The molecule has 5 heteroatoms. The lowest BCUT2D eigenvalue weighted by Crippen LogP contribution is -2.46. The summed E-state index contributed by atoms with van der Waals surface area (Å²) in [4.78, 5) is 23.8. The van der Waals surface area contributed by atoms with E-state index in [0.29, 0.717) is 12.8 Å². The fraction of sp³-hybridized carbons (Fsp3) is 0.556. The molecule has 1 aromatic rings. The van der Waals surface area contributed by atoms with Crippen LogP contribution >= 0.6 is 0 Å². The Morgan fingerprint density at radius 1 is 1.22 bits per heavy atom. The predicted octanol–water partition coefficient (Wildman–Crippen LogP) is 2.07. The number of carbonyl (C=O) groups excluding carboxylic acids is 2. The molecule has 0 aliphatic heterocycles. The molecule has 128 valence electrons. The second-order valence-electron chi connectivity index (χ2n) is 6.11. The van der Waals surface area contributed by atoms with E-state index in [-0.39, 0.29) is 5.92 Å². The Labute approximate surface area is 138 Å². The molecular formula is C18H27NO4. The van der Waals surface area contributed by atoms with Gasteiger partial charge in [0.1, 0.15) is 12.1 Å². The maximum Gasteiger partial charge on any atom is 0.328 e. The second kappa shape index (κ2) is 10.0. The van der Waals surface area contributed by atoms with E-state index >= 15 is 0 Å². The largest absolute Gasteiger partial charge is 0.467 e. The van der Waals surface area contributed by atoms with Crippen LogP contribution in [0.4, 0.5) is 0 Å². The zero-order valence-corrected chi connectivity index (χ0v) is 14.1. The van der Waals surface area contributed by atoms with Crippen molar-refractivity contribution in [1.29, 1.82) is 0 Å². The summed E-state index contributed by atoms with van der Waals surface area (Å²) in [6.07, 6.45) is 1.30. The van der Waals surface area contributed by atoms with E-state index in [4.69, 9.17) is 4.74 Å². The minimum atomic E-state index is -1.10. The third kappa shape index (κ3) is 7.28. The van der Waals surface area contributed by atoms with Crippen LogP contribution in [0.15, 0.2) is 30.3 Å². The number of aryl methyl sites for hydroxylation is 1. The number of esters is 1. The molecule has 2 atom stereocenters. The van der Waals surface area contributed by atoms with Crippen LogP contribution in [-0.4, -0.2) is 36.2 Å². The van der Waals surface area contributed by atoms with Crippen LogP contribution < -0.4 is 5.32 Å². The predicted molar refractivity (Wildman–Crippen MR) is 88.8 cm³/mol. The van der Waals surface area contributed by atoms with Gasteiger partial charge in [-0.3, -0.25) is 4.79 Å². The molecule has 0 unspecified atom stereocenters. The minimum absolute atomic E-state index is 0.199. The summed E-state index contributed by atoms with van der Waals surface area (Å²) in [6.45, 7) is 3.85. The molecule has 0 saturated heterocycles. The lowest BCUT2D eigenvalue weighted by molar-refractivity contribution is -0.146. The van der Waals surface area contributed by atoms with E-state index in [1.165, 1.54) is 12.7 Å². The molecule has 1 amide bonds. The molecule has 0 aromatic heterocycles. The van der Waals surface area contributed by atoms with Crippen LogP contribution in [-0.2, 0) is 20.7 Å². The summed E-state index contributed by atoms with van der Waals surface area (Å²) in [6, 6.07) is 9.22. The molecule has 0 heterocycles. The summed E-state index contributed by atoms with van der Waals surface area (Å²) >= 11 is 0. The van der Waals surface area contributed by atoms with Crippen LogP contribution in [0.5, 0.6) is 0 Å². The van der Waals surface area contributed by atoms with E-state index < -0.39 is 24.0 Å². The van der Waals surface area contributed by atoms with Crippen LogP contribution in [0.2, 0.25) is 0 Å². The number of ether oxygens (including phenoxy) is 1. The molecule has 1 aromatic carbocycles. The average Bonchev–Trinajstić information content (AvgIpc) is 2.53. The lowest BCUT2D eigenvalue weighted by atomic mass is 10.0. The van der Waals surface area contributed by atoms with Crippen LogP contribution in [0.3, 0.4) is 0 Å². The lowest BCUT2D eigenvalue weighted by Gasteiger charge is -2.19. The first-order valence-electron chi connectivity index (χ1n) is 8.04. The normalized spacial score (nSPS) is 13.4. The van der Waals surface area contributed by atoms with Gasteiger partial charge in [0.2, 0.25) is 5.91 Å². The number of amides is 1. The zero-order chi connectivity index (χ0) is 17.2. The van der Waals surface area contributed by atoms with Crippen molar-refractivity contribution in [3.05, 3.63) is 35.9 Å². The van der Waals surface area contributed by atoms with Gasteiger partial charge in [-0.2, -0.15) is 0 Å². The Hall–Kier alpha value is -1.88. The van der Waals surface area contributed by atoms with Crippen molar-refractivity contribution in [2.75, 3.05) is 7.11 Å². The van der Waals surface area contributed by atoms with Crippen molar-refractivity contribution in [1.82, 2.24) is 5.32 Å². The molecular weight excluding hydrogens is 294 g/mol. The molecule has 0 bridgehead atoms. The third-order valence-electron chi connectivity index (χ3n) is 3.60. The number of rotatable bonds is 9. The number of hydrogen-bond donors (Lipinski definition) is 2. The van der Waals surface area contributed by atoms with E-state index in [2.05, 4.69) is 5.32 Å². The Bertz CT molecular complexity index is 487. The molecule has 5 nitrogen and oxygen atoms in total. The Kier molecular flexibility index (Phi) is 8.33. The molecule has 0 aliphatic carbocycles. The molecule has 0 aliphatic rings. The van der Waals surface area contributed by atoms with E-state index in [1.54, 1.807) is 0 Å². The number of methoxy groups -OCH3 is 1. The molecule has 0 saturated carbocycles. The van der Waals surface area contributed by atoms with E-state index in [1.807, 2.05) is 44.2 Å². The number of hydrogen-bond acceptors (Lipinski definition) is 4. The highest BCUT2D eigenvalue weighted by molar-refractivity contribution is 5.86. The summed E-state index contributed by atoms with van der Waals surface area (Å²) in [5.74, 6) is -0.803. The van der Waals surface area contributed by atoms with Crippen molar-refractivity contribution < 1.29 is 19.4 Å². The molecule has 0 fully saturated rings. The van der Waals surface area contributed by atoms with Crippen LogP contribution in [0, 0.1) is 5.92 Å². The number of nitrogens with one attached hydrogen (secondary N) is 1. The van der Waals surface area contributed by atoms with Gasteiger partial charge in [0, 0.05) is 0 Å². The van der Waals surface area contributed by atoms with Gasteiger partial charge < -0.3 is 15.2 Å². The number of aliphatic hydroxyl groups excluding tert-OH is 1. The van der Waals surface area contributed by atoms with Gasteiger partial charge in [-0.25, -0.2) is 4.79 Å². The van der Waals surface area contributed by atoms with Crippen LogP contribution in [0.1, 0.15) is 38.7 Å². The Morgan fingerprint density at radius 3 is 2.43 bits per heavy atom. The van der Waals surface area contributed by atoms with Crippen molar-refractivity contribution in [3.63, 3.8) is 0 Å². The average molecular weight is 321 g/mol. The molecule has 2 N–H and O–H groups in total. The highest BCUT2D eigenvalue weighted by atomic mass is 16.5. The summed E-state index contributed by atoms with van der Waals surface area (Å²) < 4.78 is 4.74. The first-order valence-corrected chi connectivity index (χ1v) is 8.04. The zero-order valence-electron chi connectivity index (χ0n) is 14.1. The topological polar surface area (TPSA) is 75.6 Å². The van der Waals surface area contributed by atoms with Gasteiger partial charge in [0.05, 0.1) is 7.11 Å². The quantitative estimate of drug-likeness (QED) is 0.683. The monoisotopic (exact) mass is 321 g/mol. The standard InChI is InChI=1S/C18H27NO4/c1-13(2)12-16(20)17(21)19-15(18(22)23-3)11-7-10-14-8-5-4-6-9-14/h4-6,8-9,13,15-16,20H,7,10-12H2,1-3H3,(H,19,21)/t15-,16-/m1/s1.